The fourth-order valence-electron chi connectivity index (χ4n) is 3.80. The lowest BCUT2D eigenvalue weighted by atomic mass is 9.74. The van der Waals surface area contributed by atoms with E-state index in [4.69, 9.17) is 4.74 Å². The van der Waals surface area contributed by atoms with E-state index in [2.05, 4.69) is 19.2 Å². The van der Waals surface area contributed by atoms with Crippen LogP contribution in [0.5, 0.6) is 0 Å². The van der Waals surface area contributed by atoms with Crippen LogP contribution < -0.4 is 5.32 Å². The van der Waals surface area contributed by atoms with E-state index in [0.717, 1.165) is 31.5 Å². The number of ether oxygens (including phenoxy) is 1. The first-order chi connectivity index (χ1) is 10.3. The van der Waals surface area contributed by atoms with Gasteiger partial charge in [0.1, 0.15) is 5.60 Å². The summed E-state index contributed by atoms with van der Waals surface area (Å²) < 4.78 is 5.52. The number of piperazine rings is 1. The highest BCUT2D eigenvalue weighted by molar-refractivity contribution is 5.68. The van der Waals surface area contributed by atoms with Crippen LogP contribution in [0.2, 0.25) is 0 Å². The second-order valence-corrected chi connectivity index (χ2v) is 8.41. The fraction of sp³-hybridized carbons (Fsp3) is 0.944. The molecule has 1 aliphatic carbocycles. The van der Waals surface area contributed by atoms with E-state index in [-0.39, 0.29) is 6.09 Å². The third-order valence-electron chi connectivity index (χ3n) is 5.19. The van der Waals surface area contributed by atoms with Crippen LogP contribution in [0, 0.1) is 17.8 Å². The number of rotatable bonds is 2. The van der Waals surface area contributed by atoms with Gasteiger partial charge in [0.15, 0.2) is 0 Å². The molecule has 0 radical (unpaired) electrons. The lowest BCUT2D eigenvalue weighted by Gasteiger charge is -2.41. The van der Waals surface area contributed by atoms with Crippen molar-refractivity contribution in [3.05, 3.63) is 0 Å². The number of nitrogens with zero attached hydrogens (tertiary/aromatic N) is 1. The maximum absolute atomic E-state index is 12.3. The average molecular weight is 310 g/mol. The lowest BCUT2D eigenvalue weighted by molar-refractivity contribution is 0.0155. The Morgan fingerprint density at radius 3 is 2.36 bits per heavy atom. The van der Waals surface area contributed by atoms with E-state index in [1.165, 1.54) is 25.7 Å². The molecular weight excluding hydrogens is 276 g/mol. The molecule has 1 heterocycles. The predicted octanol–water partition coefficient (Wildman–Crippen LogP) is 3.66. The van der Waals surface area contributed by atoms with Crippen LogP contribution in [0.3, 0.4) is 0 Å². The molecule has 22 heavy (non-hydrogen) atoms. The van der Waals surface area contributed by atoms with Gasteiger partial charge in [-0.1, -0.05) is 13.8 Å². The Morgan fingerprint density at radius 2 is 1.82 bits per heavy atom. The van der Waals surface area contributed by atoms with E-state index in [0.29, 0.717) is 12.0 Å². The molecule has 2 aliphatic rings. The quantitative estimate of drug-likeness (QED) is 0.846. The van der Waals surface area contributed by atoms with Crippen LogP contribution in [-0.4, -0.2) is 42.3 Å². The van der Waals surface area contributed by atoms with Gasteiger partial charge in [0, 0.05) is 25.7 Å². The Morgan fingerprint density at radius 1 is 1.18 bits per heavy atom. The van der Waals surface area contributed by atoms with Crippen LogP contribution >= 0.6 is 0 Å². The molecule has 1 N–H and O–H groups in total. The van der Waals surface area contributed by atoms with Gasteiger partial charge in [-0.15, -0.1) is 0 Å². The number of carbonyl (C=O) groups excluding carboxylic acids is 1. The van der Waals surface area contributed by atoms with Crippen molar-refractivity contribution >= 4 is 6.09 Å². The molecule has 2 rings (SSSR count). The normalized spacial score (nSPS) is 30.5. The molecule has 1 unspecified atom stereocenters. The van der Waals surface area contributed by atoms with Crippen molar-refractivity contribution in [1.29, 1.82) is 0 Å². The summed E-state index contributed by atoms with van der Waals surface area (Å²) in [6.45, 7) is 12.9. The van der Waals surface area contributed by atoms with Crippen molar-refractivity contribution < 1.29 is 9.53 Å². The highest BCUT2D eigenvalue weighted by Crippen LogP contribution is 2.35. The molecule has 1 atom stereocenters. The second-order valence-electron chi connectivity index (χ2n) is 8.41. The van der Waals surface area contributed by atoms with Crippen LogP contribution in [0.25, 0.3) is 0 Å². The van der Waals surface area contributed by atoms with E-state index in [9.17, 15) is 4.79 Å². The Bertz CT molecular complexity index is 368. The first kappa shape index (κ1) is 17.6. The Balaban J connectivity index is 1.85. The van der Waals surface area contributed by atoms with Gasteiger partial charge >= 0.3 is 6.09 Å². The van der Waals surface area contributed by atoms with Gasteiger partial charge < -0.3 is 15.0 Å². The molecule has 0 aromatic heterocycles. The van der Waals surface area contributed by atoms with Gasteiger partial charge in [-0.05, 0) is 64.2 Å². The topological polar surface area (TPSA) is 41.6 Å². The summed E-state index contributed by atoms with van der Waals surface area (Å²) in [5.41, 5.74) is -0.410. The molecule has 128 valence electrons. The molecule has 0 bridgehead atoms. The van der Waals surface area contributed by atoms with Crippen LogP contribution in [-0.2, 0) is 4.74 Å². The van der Waals surface area contributed by atoms with Crippen molar-refractivity contribution in [1.82, 2.24) is 10.2 Å². The van der Waals surface area contributed by atoms with Crippen molar-refractivity contribution in [2.24, 2.45) is 17.8 Å². The molecule has 4 nitrogen and oxygen atoms in total. The van der Waals surface area contributed by atoms with E-state index in [1.54, 1.807) is 0 Å². The van der Waals surface area contributed by atoms with Crippen LogP contribution in [0.1, 0.15) is 60.3 Å². The number of nitrogens with one attached hydrogen (secondary N) is 1. The van der Waals surface area contributed by atoms with Gasteiger partial charge in [0.2, 0.25) is 0 Å². The molecule has 1 amide bonds. The van der Waals surface area contributed by atoms with Crippen molar-refractivity contribution in [3.8, 4) is 0 Å². The van der Waals surface area contributed by atoms with Gasteiger partial charge in [-0.3, -0.25) is 0 Å². The first-order valence-corrected chi connectivity index (χ1v) is 8.97. The monoisotopic (exact) mass is 310 g/mol. The minimum absolute atomic E-state index is 0.158. The summed E-state index contributed by atoms with van der Waals surface area (Å²) in [6.07, 6.45) is 5.11. The van der Waals surface area contributed by atoms with Crippen LogP contribution in [0.4, 0.5) is 4.79 Å². The molecule has 0 spiro atoms. The Kier molecular flexibility index (Phi) is 5.76. The summed E-state index contributed by atoms with van der Waals surface area (Å²) in [6, 6.07) is 0.439. The van der Waals surface area contributed by atoms with Crippen molar-refractivity contribution in [3.63, 3.8) is 0 Å². The number of amides is 1. The van der Waals surface area contributed by atoms with Gasteiger partial charge in [-0.2, -0.15) is 0 Å². The zero-order chi connectivity index (χ0) is 16.3. The molecule has 2 fully saturated rings. The van der Waals surface area contributed by atoms with E-state index in [1.807, 2.05) is 25.7 Å². The molecule has 1 saturated carbocycles. The lowest BCUT2D eigenvalue weighted by Crippen LogP contribution is -2.56. The zero-order valence-corrected chi connectivity index (χ0v) is 15.0. The van der Waals surface area contributed by atoms with E-state index < -0.39 is 5.60 Å². The third-order valence-corrected chi connectivity index (χ3v) is 5.19. The third kappa shape index (κ3) is 4.87. The standard InChI is InChI=1S/C18H34N2O2/c1-13(2)14-6-8-15(9-7-14)16-12-20(11-10-19-16)17(21)22-18(3,4)5/h13-16,19H,6-12H2,1-5H3. The Hall–Kier alpha value is -0.770. The first-order valence-electron chi connectivity index (χ1n) is 8.97. The summed E-state index contributed by atoms with van der Waals surface area (Å²) >= 11 is 0. The smallest absolute Gasteiger partial charge is 0.410 e. The number of hydrogen-bond acceptors (Lipinski definition) is 3. The number of carbonyl (C=O) groups is 1. The summed E-state index contributed by atoms with van der Waals surface area (Å²) in [5, 5.41) is 3.63. The minimum atomic E-state index is -0.410. The van der Waals surface area contributed by atoms with E-state index >= 15 is 0 Å². The highest BCUT2D eigenvalue weighted by Gasteiger charge is 2.33. The fourth-order valence-corrected chi connectivity index (χ4v) is 3.80. The predicted molar refractivity (Wildman–Crippen MR) is 89.9 cm³/mol. The largest absolute Gasteiger partial charge is 0.444 e. The van der Waals surface area contributed by atoms with Crippen molar-refractivity contribution in [2.45, 2.75) is 71.9 Å². The maximum Gasteiger partial charge on any atom is 0.410 e. The van der Waals surface area contributed by atoms with Gasteiger partial charge in [0.25, 0.3) is 0 Å². The summed E-state index contributed by atoms with van der Waals surface area (Å²) in [7, 11) is 0. The average Bonchev–Trinajstić information content (AvgIpc) is 2.46. The summed E-state index contributed by atoms with van der Waals surface area (Å²) in [5.74, 6) is 2.40. The van der Waals surface area contributed by atoms with Gasteiger partial charge in [0.05, 0.1) is 0 Å². The second kappa shape index (κ2) is 7.20. The molecule has 1 saturated heterocycles. The van der Waals surface area contributed by atoms with Crippen LogP contribution in [0.15, 0.2) is 0 Å². The minimum Gasteiger partial charge on any atom is -0.444 e. The molecular formula is C18H34N2O2. The summed E-state index contributed by atoms with van der Waals surface area (Å²) in [4.78, 5) is 14.1. The molecule has 0 aromatic rings. The molecule has 4 heteroatoms. The Labute approximate surface area is 136 Å². The molecule has 1 aliphatic heterocycles. The molecule has 0 aromatic carbocycles. The zero-order valence-electron chi connectivity index (χ0n) is 15.0. The number of hydrogen-bond donors (Lipinski definition) is 1. The van der Waals surface area contributed by atoms with Crippen molar-refractivity contribution in [2.75, 3.05) is 19.6 Å². The maximum atomic E-state index is 12.3. The SMILES string of the molecule is CC(C)C1CCC(C2CN(C(=O)OC(C)(C)C)CCN2)CC1. The highest BCUT2D eigenvalue weighted by atomic mass is 16.6. The van der Waals surface area contributed by atoms with Gasteiger partial charge in [-0.25, -0.2) is 4.79 Å².